The molecule has 0 aliphatic rings. The molecule has 0 spiro atoms. The van der Waals surface area contributed by atoms with Crippen molar-refractivity contribution in [1.82, 2.24) is 9.88 Å². The topological polar surface area (TPSA) is 34.0 Å². The van der Waals surface area contributed by atoms with Crippen LogP contribution in [0.2, 0.25) is 0 Å². The number of nitrogens with zero attached hydrogens (tertiary/aromatic N) is 1. The summed E-state index contributed by atoms with van der Waals surface area (Å²) in [5.41, 5.74) is 1.79. The van der Waals surface area contributed by atoms with E-state index in [4.69, 9.17) is 0 Å². The fraction of sp³-hybridized carbons (Fsp3) is 0.154. The average molecular weight is 419 g/mol. The minimum atomic E-state index is -0.0513. The zero-order valence-corrected chi connectivity index (χ0v) is 13.5. The van der Waals surface area contributed by atoms with Gasteiger partial charge in [0.1, 0.15) is 0 Å². The van der Waals surface area contributed by atoms with E-state index in [1.807, 2.05) is 48.3 Å². The Morgan fingerprint density at radius 3 is 2.89 bits per heavy atom. The fourth-order valence-electron chi connectivity index (χ4n) is 1.61. The van der Waals surface area contributed by atoms with Crippen LogP contribution in [0.4, 0.5) is 0 Å². The molecule has 0 aliphatic carbocycles. The summed E-state index contributed by atoms with van der Waals surface area (Å²) in [5.74, 6) is -0.0513. The largest absolute Gasteiger partial charge is 0.357 e. The number of aryl methyl sites for hydroxylation is 1. The molecule has 2 rings (SSSR count). The van der Waals surface area contributed by atoms with Crippen molar-refractivity contribution in [3.05, 3.63) is 55.8 Å². The molecule has 0 bridgehead atoms. The van der Waals surface area contributed by atoms with Crippen molar-refractivity contribution in [2.45, 2.75) is 6.54 Å². The average Bonchev–Trinajstić information content (AvgIpc) is 2.75. The Labute approximate surface area is 128 Å². The highest BCUT2D eigenvalue weighted by Crippen LogP contribution is 2.18. The molecule has 1 aromatic heterocycles. The molecule has 1 heterocycles. The smallest absolute Gasteiger partial charge is 0.252 e. The van der Waals surface area contributed by atoms with Gasteiger partial charge in [0.05, 0.1) is 5.56 Å². The summed E-state index contributed by atoms with van der Waals surface area (Å²) in [6, 6.07) is 7.67. The van der Waals surface area contributed by atoms with Gasteiger partial charge >= 0.3 is 0 Å². The van der Waals surface area contributed by atoms with E-state index >= 15 is 0 Å². The molecule has 3 nitrogen and oxygen atoms in total. The van der Waals surface area contributed by atoms with Gasteiger partial charge in [0.15, 0.2) is 0 Å². The van der Waals surface area contributed by atoms with Gasteiger partial charge in [-0.1, -0.05) is 15.9 Å². The van der Waals surface area contributed by atoms with Gasteiger partial charge in [0.2, 0.25) is 0 Å². The van der Waals surface area contributed by atoms with Crippen molar-refractivity contribution in [3.8, 4) is 0 Å². The maximum Gasteiger partial charge on any atom is 0.252 e. The molecule has 5 heteroatoms. The standard InChI is InChI=1S/C13H12BrIN2O/c1-17-5-4-9(8-17)7-16-13(18)11-6-10(14)2-3-12(11)15/h2-6,8H,7H2,1H3,(H,16,18). The Balaban J connectivity index is 2.05. The predicted molar refractivity (Wildman–Crippen MR) is 83.4 cm³/mol. The molecule has 0 fully saturated rings. The first kappa shape index (κ1) is 13.6. The van der Waals surface area contributed by atoms with Crippen molar-refractivity contribution in [2.24, 2.45) is 7.05 Å². The summed E-state index contributed by atoms with van der Waals surface area (Å²) in [6.45, 7) is 0.544. The first-order valence-corrected chi connectivity index (χ1v) is 7.27. The van der Waals surface area contributed by atoms with Crippen LogP contribution in [-0.2, 0) is 13.6 Å². The quantitative estimate of drug-likeness (QED) is 0.762. The summed E-state index contributed by atoms with van der Waals surface area (Å²) in [7, 11) is 1.96. The maximum atomic E-state index is 12.1. The monoisotopic (exact) mass is 418 g/mol. The molecule has 2 aromatic rings. The Kier molecular flexibility index (Phi) is 4.45. The second-order valence-corrected chi connectivity index (χ2v) is 6.07. The number of nitrogens with one attached hydrogen (secondary N) is 1. The van der Waals surface area contributed by atoms with Crippen LogP contribution >= 0.6 is 38.5 Å². The van der Waals surface area contributed by atoms with E-state index in [-0.39, 0.29) is 5.91 Å². The second-order valence-electron chi connectivity index (χ2n) is 3.99. The van der Waals surface area contributed by atoms with E-state index in [1.165, 1.54) is 0 Å². The van der Waals surface area contributed by atoms with Crippen LogP contribution < -0.4 is 5.32 Å². The number of amides is 1. The minimum Gasteiger partial charge on any atom is -0.357 e. The molecule has 0 radical (unpaired) electrons. The van der Waals surface area contributed by atoms with Gasteiger partial charge < -0.3 is 9.88 Å². The zero-order valence-electron chi connectivity index (χ0n) is 9.78. The first-order chi connectivity index (χ1) is 8.56. The normalized spacial score (nSPS) is 10.4. The molecule has 0 aliphatic heterocycles. The molecule has 0 unspecified atom stereocenters. The number of halogens is 2. The Bertz CT molecular complexity index is 580. The number of carbonyl (C=O) groups excluding carboxylic acids is 1. The van der Waals surface area contributed by atoms with Crippen LogP contribution in [0, 0.1) is 3.57 Å². The third kappa shape index (κ3) is 3.35. The maximum absolute atomic E-state index is 12.1. The van der Waals surface area contributed by atoms with Crippen LogP contribution in [0.25, 0.3) is 0 Å². The third-order valence-corrected chi connectivity index (χ3v) is 3.95. The van der Waals surface area contributed by atoms with Gasteiger partial charge in [-0.2, -0.15) is 0 Å². The number of hydrogen-bond donors (Lipinski definition) is 1. The highest BCUT2D eigenvalue weighted by molar-refractivity contribution is 14.1. The van der Waals surface area contributed by atoms with Crippen molar-refractivity contribution >= 4 is 44.4 Å². The molecular weight excluding hydrogens is 407 g/mol. The molecule has 18 heavy (non-hydrogen) atoms. The molecule has 0 saturated carbocycles. The van der Waals surface area contributed by atoms with Crippen LogP contribution in [0.15, 0.2) is 41.1 Å². The van der Waals surface area contributed by atoms with E-state index in [0.29, 0.717) is 12.1 Å². The van der Waals surface area contributed by atoms with E-state index in [0.717, 1.165) is 13.6 Å². The molecule has 94 valence electrons. The van der Waals surface area contributed by atoms with Gasteiger partial charge in [-0.15, -0.1) is 0 Å². The Hall–Kier alpha value is -0.820. The first-order valence-electron chi connectivity index (χ1n) is 5.40. The Morgan fingerprint density at radius 2 is 2.22 bits per heavy atom. The summed E-state index contributed by atoms with van der Waals surface area (Å²) in [6.07, 6.45) is 3.95. The molecular formula is C13H12BrIN2O. The number of rotatable bonds is 3. The van der Waals surface area contributed by atoms with Gasteiger partial charge in [-0.05, 0) is 52.4 Å². The molecule has 0 atom stereocenters. The van der Waals surface area contributed by atoms with E-state index in [2.05, 4.69) is 43.8 Å². The predicted octanol–water partition coefficient (Wildman–Crippen LogP) is 3.32. The number of aromatic nitrogens is 1. The van der Waals surface area contributed by atoms with E-state index in [9.17, 15) is 4.79 Å². The van der Waals surface area contributed by atoms with Crippen LogP contribution in [0.3, 0.4) is 0 Å². The van der Waals surface area contributed by atoms with Crippen molar-refractivity contribution < 1.29 is 4.79 Å². The highest BCUT2D eigenvalue weighted by Gasteiger charge is 2.10. The number of benzene rings is 1. The van der Waals surface area contributed by atoms with Crippen LogP contribution in [0.1, 0.15) is 15.9 Å². The highest BCUT2D eigenvalue weighted by atomic mass is 127. The van der Waals surface area contributed by atoms with Gasteiger partial charge in [-0.25, -0.2) is 0 Å². The van der Waals surface area contributed by atoms with Crippen molar-refractivity contribution in [3.63, 3.8) is 0 Å². The van der Waals surface area contributed by atoms with Crippen molar-refractivity contribution in [1.29, 1.82) is 0 Å². The third-order valence-electron chi connectivity index (χ3n) is 2.52. The summed E-state index contributed by atoms with van der Waals surface area (Å²) in [4.78, 5) is 12.1. The SMILES string of the molecule is Cn1ccc(CNC(=O)c2cc(Br)ccc2I)c1. The van der Waals surface area contributed by atoms with Gasteiger partial charge in [0.25, 0.3) is 5.91 Å². The van der Waals surface area contributed by atoms with Gasteiger partial charge in [0, 0.05) is 34.0 Å². The second kappa shape index (κ2) is 5.88. The number of hydrogen-bond acceptors (Lipinski definition) is 1. The lowest BCUT2D eigenvalue weighted by Gasteiger charge is -2.06. The lowest BCUT2D eigenvalue weighted by Crippen LogP contribution is -2.23. The molecule has 1 N–H and O–H groups in total. The molecule has 1 amide bonds. The fourth-order valence-corrected chi connectivity index (χ4v) is 2.56. The summed E-state index contributed by atoms with van der Waals surface area (Å²) in [5, 5.41) is 2.92. The Morgan fingerprint density at radius 1 is 1.44 bits per heavy atom. The van der Waals surface area contributed by atoms with Crippen LogP contribution in [0.5, 0.6) is 0 Å². The lowest BCUT2D eigenvalue weighted by molar-refractivity contribution is 0.0950. The van der Waals surface area contributed by atoms with E-state index < -0.39 is 0 Å². The molecule has 1 aromatic carbocycles. The summed E-state index contributed by atoms with van der Waals surface area (Å²) < 4.78 is 3.82. The van der Waals surface area contributed by atoms with Crippen molar-refractivity contribution in [2.75, 3.05) is 0 Å². The molecule has 0 saturated heterocycles. The lowest BCUT2D eigenvalue weighted by atomic mass is 10.2. The zero-order chi connectivity index (χ0) is 13.1. The van der Waals surface area contributed by atoms with Gasteiger partial charge in [-0.3, -0.25) is 4.79 Å². The number of carbonyl (C=O) groups is 1. The van der Waals surface area contributed by atoms with E-state index in [1.54, 1.807) is 0 Å². The minimum absolute atomic E-state index is 0.0513. The van der Waals surface area contributed by atoms with Crippen LogP contribution in [-0.4, -0.2) is 10.5 Å². The summed E-state index contributed by atoms with van der Waals surface area (Å²) >= 11 is 5.54.